The van der Waals surface area contributed by atoms with Crippen molar-refractivity contribution in [1.29, 1.82) is 0 Å². The number of nitrogens with zero attached hydrogens (tertiary/aromatic N) is 4. The minimum atomic E-state index is -0.142. The van der Waals surface area contributed by atoms with Crippen molar-refractivity contribution < 1.29 is 4.79 Å². The van der Waals surface area contributed by atoms with Crippen LogP contribution in [0.15, 0.2) is 53.3 Å². The summed E-state index contributed by atoms with van der Waals surface area (Å²) in [6, 6.07) is 14.9. The number of aromatic nitrogens is 4. The van der Waals surface area contributed by atoms with Gasteiger partial charge >= 0.3 is 0 Å². The second-order valence-electron chi connectivity index (χ2n) is 7.73. The van der Waals surface area contributed by atoms with Crippen LogP contribution >= 0.6 is 0 Å². The van der Waals surface area contributed by atoms with Crippen molar-refractivity contribution >= 4 is 16.9 Å². The van der Waals surface area contributed by atoms with Crippen LogP contribution < -0.4 is 10.9 Å². The lowest BCUT2D eigenvalue weighted by Crippen LogP contribution is -2.25. The summed E-state index contributed by atoms with van der Waals surface area (Å²) in [7, 11) is 1.89. The summed E-state index contributed by atoms with van der Waals surface area (Å²) in [5.74, 6) is -0.142. The Hall–Kier alpha value is -3.74. The summed E-state index contributed by atoms with van der Waals surface area (Å²) in [5.41, 5.74) is 6.45. The van der Waals surface area contributed by atoms with E-state index in [0.717, 1.165) is 33.5 Å². The fourth-order valence-corrected chi connectivity index (χ4v) is 3.77. The number of carbonyl (C=O) groups excluding carboxylic acids is 1. The number of hydrogen-bond donors (Lipinski definition) is 1. The van der Waals surface area contributed by atoms with Crippen molar-refractivity contribution in [3.63, 3.8) is 0 Å². The van der Waals surface area contributed by atoms with Gasteiger partial charge < -0.3 is 9.88 Å². The molecule has 0 aliphatic carbocycles. The zero-order valence-corrected chi connectivity index (χ0v) is 18.1. The van der Waals surface area contributed by atoms with Crippen LogP contribution in [0.1, 0.15) is 38.6 Å². The number of fused-ring (bicyclic) bond motifs is 1. The van der Waals surface area contributed by atoms with Crippen molar-refractivity contribution in [2.45, 2.75) is 33.9 Å². The molecule has 0 fully saturated rings. The Balaban J connectivity index is 1.51. The summed E-state index contributed by atoms with van der Waals surface area (Å²) in [6.07, 6.45) is 0. The molecule has 7 heteroatoms. The van der Waals surface area contributed by atoms with Gasteiger partial charge in [-0.1, -0.05) is 24.3 Å². The molecular formula is C24H25N5O2. The van der Waals surface area contributed by atoms with Gasteiger partial charge in [-0.3, -0.25) is 14.3 Å². The first-order valence-electron chi connectivity index (χ1n) is 10.2. The Bertz CT molecular complexity index is 1330. The standard InChI is InChI=1S/C24H25N5O2/c1-15-20(17(3)28(4)27-15)13-25-23(30)19-11-9-18(10-12-19)14-29-22-8-6-5-7-21(22)26-16(2)24(29)31/h5-12H,13-14H2,1-4H3,(H,25,30). The van der Waals surface area contributed by atoms with Crippen LogP contribution in [0, 0.1) is 20.8 Å². The topological polar surface area (TPSA) is 81.8 Å². The van der Waals surface area contributed by atoms with Crippen LogP contribution in [-0.2, 0) is 20.1 Å². The molecule has 1 N–H and O–H groups in total. The fraction of sp³-hybridized carbons (Fsp3) is 0.250. The Morgan fingerprint density at radius 1 is 1.00 bits per heavy atom. The molecule has 1 amide bonds. The maximum Gasteiger partial charge on any atom is 0.272 e. The number of amides is 1. The Labute approximate surface area is 180 Å². The first-order valence-corrected chi connectivity index (χ1v) is 10.2. The largest absolute Gasteiger partial charge is 0.348 e. The van der Waals surface area contributed by atoms with E-state index in [-0.39, 0.29) is 11.5 Å². The highest BCUT2D eigenvalue weighted by Crippen LogP contribution is 2.14. The molecule has 0 radical (unpaired) electrons. The van der Waals surface area contributed by atoms with Gasteiger partial charge in [-0.15, -0.1) is 0 Å². The highest BCUT2D eigenvalue weighted by atomic mass is 16.1. The maximum absolute atomic E-state index is 12.7. The zero-order valence-electron chi connectivity index (χ0n) is 18.1. The Morgan fingerprint density at radius 2 is 1.71 bits per heavy atom. The summed E-state index contributed by atoms with van der Waals surface area (Å²) in [5, 5.41) is 7.35. The van der Waals surface area contributed by atoms with E-state index in [4.69, 9.17) is 0 Å². The number of aryl methyl sites for hydroxylation is 3. The maximum atomic E-state index is 12.7. The summed E-state index contributed by atoms with van der Waals surface area (Å²) in [6.45, 7) is 6.51. The van der Waals surface area contributed by atoms with Crippen LogP contribution in [0.5, 0.6) is 0 Å². The predicted molar refractivity (Wildman–Crippen MR) is 120 cm³/mol. The zero-order chi connectivity index (χ0) is 22.1. The minimum Gasteiger partial charge on any atom is -0.348 e. The van der Waals surface area contributed by atoms with Crippen molar-refractivity contribution in [3.8, 4) is 0 Å². The van der Waals surface area contributed by atoms with Gasteiger partial charge in [0.15, 0.2) is 0 Å². The highest BCUT2D eigenvalue weighted by molar-refractivity contribution is 5.94. The van der Waals surface area contributed by atoms with E-state index < -0.39 is 0 Å². The van der Waals surface area contributed by atoms with Gasteiger partial charge in [-0.2, -0.15) is 5.10 Å². The third-order valence-corrected chi connectivity index (χ3v) is 5.66. The molecule has 4 rings (SSSR count). The molecule has 0 atom stereocenters. The third-order valence-electron chi connectivity index (χ3n) is 5.66. The SMILES string of the molecule is Cc1nn(C)c(C)c1CNC(=O)c1ccc(Cn2c(=O)c(C)nc3ccccc32)cc1. The van der Waals surface area contributed by atoms with Crippen molar-refractivity contribution in [3.05, 3.63) is 92.7 Å². The average molecular weight is 415 g/mol. The minimum absolute atomic E-state index is 0.109. The Morgan fingerprint density at radius 3 is 2.39 bits per heavy atom. The molecule has 158 valence electrons. The molecular weight excluding hydrogens is 390 g/mol. The van der Waals surface area contributed by atoms with E-state index in [1.807, 2.05) is 62.0 Å². The Kier molecular flexibility index (Phi) is 5.42. The van der Waals surface area contributed by atoms with Crippen LogP contribution in [0.2, 0.25) is 0 Å². The number of nitrogens with one attached hydrogen (secondary N) is 1. The first kappa shape index (κ1) is 20.5. The normalized spacial score (nSPS) is 11.1. The van der Waals surface area contributed by atoms with Crippen molar-refractivity contribution in [2.24, 2.45) is 7.05 Å². The molecule has 0 saturated heterocycles. The fourth-order valence-electron chi connectivity index (χ4n) is 3.77. The number of rotatable bonds is 5. The molecule has 2 aromatic heterocycles. The van der Waals surface area contributed by atoms with E-state index in [9.17, 15) is 9.59 Å². The lowest BCUT2D eigenvalue weighted by Gasteiger charge is -2.12. The molecule has 2 heterocycles. The molecule has 4 aromatic rings. The van der Waals surface area contributed by atoms with E-state index in [1.54, 1.807) is 23.6 Å². The van der Waals surface area contributed by atoms with E-state index in [1.165, 1.54) is 0 Å². The van der Waals surface area contributed by atoms with Gasteiger partial charge in [0.1, 0.15) is 5.69 Å². The van der Waals surface area contributed by atoms with Crippen LogP contribution in [0.25, 0.3) is 11.0 Å². The second-order valence-corrected chi connectivity index (χ2v) is 7.73. The predicted octanol–water partition coefficient (Wildman–Crippen LogP) is 3.03. The highest BCUT2D eigenvalue weighted by Gasteiger charge is 2.12. The molecule has 0 bridgehead atoms. The molecule has 7 nitrogen and oxygen atoms in total. The van der Waals surface area contributed by atoms with Gasteiger partial charge in [0.2, 0.25) is 0 Å². The van der Waals surface area contributed by atoms with Crippen molar-refractivity contribution in [1.82, 2.24) is 24.6 Å². The lowest BCUT2D eigenvalue weighted by atomic mass is 10.1. The lowest BCUT2D eigenvalue weighted by molar-refractivity contribution is 0.0951. The van der Waals surface area contributed by atoms with Gasteiger partial charge in [0.25, 0.3) is 11.5 Å². The van der Waals surface area contributed by atoms with E-state index in [0.29, 0.717) is 24.3 Å². The van der Waals surface area contributed by atoms with Crippen LogP contribution in [0.3, 0.4) is 0 Å². The monoisotopic (exact) mass is 415 g/mol. The van der Waals surface area contributed by atoms with Gasteiger partial charge in [0.05, 0.1) is 23.3 Å². The van der Waals surface area contributed by atoms with Crippen LogP contribution in [0.4, 0.5) is 0 Å². The number of hydrogen-bond acceptors (Lipinski definition) is 4. The molecule has 0 saturated carbocycles. The number of benzene rings is 2. The average Bonchev–Trinajstić information content (AvgIpc) is 3.01. The van der Waals surface area contributed by atoms with E-state index >= 15 is 0 Å². The number of carbonyl (C=O) groups is 1. The third kappa shape index (κ3) is 3.99. The van der Waals surface area contributed by atoms with E-state index in [2.05, 4.69) is 15.4 Å². The summed E-state index contributed by atoms with van der Waals surface area (Å²) < 4.78 is 3.54. The molecule has 0 aliphatic rings. The number of para-hydroxylation sites is 2. The quantitative estimate of drug-likeness (QED) is 0.543. The molecule has 2 aromatic carbocycles. The van der Waals surface area contributed by atoms with Gasteiger partial charge in [-0.05, 0) is 50.6 Å². The first-order chi connectivity index (χ1) is 14.8. The molecule has 31 heavy (non-hydrogen) atoms. The van der Waals surface area contributed by atoms with Crippen LogP contribution in [-0.4, -0.2) is 25.2 Å². The van der Waals surface area contributed by atoms with Gasteiger partial charge in [0, 0.05) is 30.4 Å². The summed E-state index contributed by atoms with van der Waals surface area (Å²) >= 11 is 0. The van der Waals surface area contributed by atoms with Crippen molar-refractivity contribution in [2.75, 3.05) is 0 Å². The second kappa shape index (κ2) is 8.18. The molecule has 0 unspecified atom stereocenters. The van der Waals surface area contributed by atoms with Gasteiger partial charge in [-0.25, -0.2) is 4.98 Å². The summed E-state index contributed by atoms with van der Waals surface area (Å²) in [4.78, 5) is 29.6. The molecule has 0 aliphatic heterocycles. The smallest absolute Gasteiger partial charge is 0.272 e. The molecule has 0 spiro atoms.